The van der Waals surface area contributed by atoms with Gasteiger partial charge in [-0.05, 0) is 36.8 Å². The number of carbonyl (C=O) groups excluding carboxylic acids is 1. The number of piperazine rings is 1. The van der Waals surface area contributed by atoms with Crippen molar-refractivity contribution in [2.24, 2.45) is 0 Å². The maximum atomic E-state index is 12.4. The average Bonchev–Trinajstić information content (AvgIpc) is 2.68. The molecule has 1 aliphatic rings. The SMILES string of the molecule is CC(C(=O)Nc1ccc(OCc2ccccc2)cc1)N1CCNCC1. The van der Waals surface area contributed by atoms with Crippen molar-refractivity contribution < 1.29 is 9.53 Å². The molecule has 132 valence electrons. The Morgan fingerprint density at radius 1 is 1.12 bits per heavy atom. The predicted molar refractivity (Wildman–Crippen MR) is 99.8 cm³/mol. The number of benzene rings is 2. The molecule has 0 aromatic heterocycles. The molecular weight excluding hydrogens is 314 g/mol. The van der Waals surface area contributed by atoms with Crippen LogP contribution in [0.2, 0.25) is 0 Å². The van der Waals surface area contributed by atoms with Crippen LogP contribution in [0.1, 0.15) is 12.5 Å². The first-order chi connectivity index (χ1) is 12.2. The van der Waals surface area contributed by atoms with E-state index in [0.717, 1.165) is 43.2 Å². The lowest BCUT2D eigenvalue weighted by molar-refractivity contribution is -0.120. The van der Waals surface area contributed by atoms with Crippen molar-refractivity contribution >= 4 is 11.6 Å². The van der Waals surface area contributed by atoms with Gasteiger partial charge in [0, 0.05) is 31.9 Å². The molecule has 1 saturated heterocycles. The minimum absolute atomic E-state index is 0.0276. The van der Waals surface area contributed by atoms with Gasteiger partial charge in [-0.3, -0.25) is 9.69 Å². The van der Waals surface area contributed by atoms with Crippen LogP contribution in [-0.2, 0) is 11.4 Å². The van der Waals surface area contributed by atoms with E-state index in [-0.39, 0.29) is 11.9 Å². The molecule has 1 unspecified atom stereocenters. The van der Waals surface area contributed by atoms with Crippen LogP contribution < -0.4 is 15.4 Å². The predicted octanol–water partition coefficient (Wildman–Crippen LogP) is 2.50. The molecule has 2 N–H and O–H groups in total. The molecule has 0 saturated carbocycles. The van der Waals surface area contributed by atoms with Crippen LogP contribution in [0.3, 0.4) is 0 Å². The Hall–Kier alpha value is -2.37. The summed E-state index contributed by atoms with van der Waals surface area (Å²) in [6, 6.07) is 17.4. The highest BCUT2D eigenvalue weighted by molar-refractivity contribution is 5.94. The molecule has 0 aliphatic carbocycles. The van der Waals surface area contributed by atoms with Crippen LogP contribution in [0.5, 0.6) is 5.75 Å². The van der Waals surface area contributed by atoms with Gasteiger partial charge in [-0.2, -0.15) is 0 Å². The maximum absolute atomic E-state index is 12.4. The first kappa shape index (κ1) is 17.5. The summed E-state index contributed by atoms with van der Waals surface area (Å²) in [4.78, 5) is 14.6. The van der Waals surface area contributed by atoms with Crippen LogP contribution in [0, 0.1) is 0 Å². The fraction of sp³-hybridized carbons (Fsp3) is 0.350. The number of hydrogen-bond donors (Lipinski definition) is 2. The summed E-state index contributed by atoms with van der Waals surface area (Å²) in [5.74, 6) is 0.817. The molecule has 0 spiro atoms. The Labute approximate surface area is 149 Å². The van der Waals surface area contributed by atoms with E-state index in [1.807, 2.05) is 61.5 Å². The lowest BCUT2D eigenvalue weighted by Crippen LogP contribution is -2.51. The molecule has 2 aromatic rings. The van der Waals surface area contributed by atoms with E-state index in [9.17, 15) is 4.79 Å². The molecular formula is C20H25N3O2. The molecule has 0 bridgehead atoms. The topological polar surface area (TPSA) is 53.6 Å². The molecule has 1 amide bonds. The summed E-state index contributed by atoms with van der Waals surface area (Å²) in [6.07, 6.45) is 0. The lowest BCUT2D eigenvalue weighted by Gasteiger charge is -2.31. The van der Waals surface area contributed by atoms with E-state index in [2.05, 4.69) is 15.5 Å². The molecule has 25 heavy (non-hydrogen) atoms. The molecule has 3 rings (SSSR count). The first-order valence-corrected chi connectivity index (χ1v) is 8.75. The molecule has 1 heterocycles. The number of carbonyl (C=O) groups is 1. The minimum atomic E-state index is -0.129. The van der Waals surface area contributed by atoms with Crippen LogP contribution in [0.4, 0.5) is 5.69 Å². The van der Waals surface area contributed by atoms with Gasteiger partial charge in [0.2, 0.25) is 5.91 Å². The number of hydrogen-bond acceptors (Lipinski definition) is 4. The minimum Gasteiger partial charge on any atom is -0.489 e. The van der Waals surface area contributed by atoms with Crippen molar-refractivity contribution in [3.05, 3.63) is 60.2 Å². The molecule has 0 radical (unpaired) electrons. The van der Waals surface area contributed by atoms with Gasteiger partial charge < -0.3 is 15.4 Å². The second kappa shape index (κ2) is 8.65. The Bertz CT molecular complexity index is 667. The van der Waals surface area contributed by atoms with Crippen molar-refractivity contribution in [1.29, 1.82) is 0 Å². The quantitative estimate of drug-likeness (QED) is 0.849. The van der Waals surface area contributed by atoms with Gasteiger partial charge in [-0.25, -0.2) is 0 Å². The molecule has 5 nitrogen and oxygen atoms in total. The molecule has 2 aromatic carbocycles. The zero-order valence-electron chi connectivity index (χ0n) is 14.6. The smallest absolute Gasteiger partial charge is 0.241 e. The van der Waals surface area contributed by atoms with Gasteiger partial charge in [0.05, 0.1) is 6.04 Å². The first-order valence-electron chi connectivity index (χ1n) is 8.75. The van der Waals surface area contributed by atoms with Crippen molar-refractivity contribution in [3.8, 4) is 5.75 Å². The van der Waals surface area contributed by atoms with Crippen LogP contribution in [0.15, 0.2) is 54.6 Å². The summed E-state index contributed by atoms with van der Waals surface area (Å²) in [5, 5.41) is 6.28. The Balaban J connectivity index is 1.50. The third-order valence-electron chi connectivity index (χ3n) is 4.45. The number of nitrogens with zero attached hydrogens (tertiary/aromatic N) is 1. The van der Waals surface area contributed by atoms with Crippen LogP contribution in [-0.4, -0.2) is 43.0 Å². The van der Waals surface area contributed by atoms with Crippen molar-refractivity contribution in [1.82, 2.24) is 10.2 Å². The van der Waals surface area contributed by atoms with Gasteiger partial charge >= 0.3 is 0 Å². The lowest BCUT2D eigenvalue weighted by atomic mass is 10.2. The number of amides is 1. The summed E-state index contributed by atoms with van der Waals surface area (Å²) in [7, 11) is 0. The monoisotopic (exact) mass is 339 g/mol. The largest absolute Gasteiger partial charge is 0.489 e. The van der Waals surface area contributed by atoms with E-state index >= 15 is 0 Å². The van der Waals surface area contributed by atoms with E-state index < -0.39 is 0 Å². The van der Waals surface area contributed by atoms with Gasteiger partial charge in [-0.15, -0.1) is 0 Å². The van der Waals surface area contributed by atoms with E-state index in [1.54, 1.807) is 0 Å². The van der Waals surface area contributed by atoms with Crippen molar-refractivity contribution in [2.45, 2.75) is 19.6 Å². The van der Waals surface area contributed by atoms with Crippen molar-refractivity contribution in [3.63, 3.8) is 0 Å². The fourth-order valence-electron chi connectivity index (χ4n) is 2.86. The fourth-order valence-corrected chi connectivity index (χ4v) is 2.86. The van der Waals surface area contributed by atoms with E-state index in [1.165, 1.54) is 0 Å². The summed E-state index contributed by atoms with van der Waals surface area (Å²) < 4.78 is 5.77. The zero-order chi connectivity index (χ0) is 17.5. The number of anilines is 1. The normalized spacial score (nSPS) is 16.2. The Morgan fingerprint density at radius 2 is 1.80 bits per heavy atom. The van der Waals surface area contributed by atoms with Gasteiger partial charge in [0.15, 0.2) is 0 Å². The summed E-state index contributed by atoms with van der Waals surface area (Å²) >= 11 is 0. The highest BCUT2D eigenvalue weighted by Gasteiger charge is 2.22. The highest BCUT2D eigenvalue weighted by atomic mass is 16.5. The zero-order valence-corrected chi connectivity index (χ0v) is 14.6. The van der Waals surface area contributed by atoms with Crippen molar-refractivity contribution in [2.75, 3.05) is 31.5 Å². The van der Waals surface area contributed by atoms with E-state index in [0.29, 0.717) is 6.61 Å². The number of rotatable bonds is 6. The third kappa shape index (κ3) is 5.05. The Kier molecular flexibility index (Phi) is 6.04. The number of ether oxygens (including phenoxy) is 1. The highest BCUT2D eigenvalue weighted by Crippen LogP contribution is 2.17. The van der Waals surface area contributed by atoms with Gasteiger partial charge in [0.1, 0.15) is 12.4 Å². The average molecular weight is 339 g/mol. The summed E-state index contributed by atoms with van der Waals surface area (Å²) in [5.41, 5.74) is 1.92. The second-order valence-corrected chi connectivity index (χ2v) is 6.25. The van der Waals surface area contributed by atoms with Gasteiger partial charge in [0.25, 0.3) is 0 Å². The number of nitrogens with one attached hydrogen (secondary N) is 2. The molecule has 1 aliphatic heterocycles. The van der Waals surface area contributed by atoms with Crippen LogP contribution >= 0.6 is 0 Å². The maximum Gasteiger partial charge on any atom is 0.241 e. The van der Waals surface area contributed by atoms with E-state index in [4.69, 9.17) is 4.74 Å². The molecule has 1 fully saturated rings. The van der Waals surface area contributed by atoms with Crippen LogP contribution in [0.25, 0.3) is 0 Å². The van der Waals surface area contributed by atoms with Gasteiger partial charge in [-0.1, -0.05) is 30.3 Å². The summed E-state index contributed by atoms with van der Waals surface area (Å²) in [6.45, 7) is 6.17. The standard InChI is InChI=1S/C20H25N3O2/c1-16(23-13-11-21-12-14-23)20(24)22-18-7-9-19(10-8-18)25-15-17-5-3-2-4-6-17/h2-10,16,21H,11-15H2,1H3,(H,22,24). The third-order valence-corrected chi connectivity index (χ3v) is 4.45. The Morgan fingerprint density at radius 3 is 2.48 bits per heavy atom. The molecule has 1 atom stereocenters. The molecule has 5 heteroatoms. The second-order valence-electron chi connectivity index (χ2n) is 6.25.